The number of hydrogen-bond acceptors (Lipinski definition) is 9. The molecule has 10 nitrogen and oxygen atoms in total. The van der Waals surface area contributed by atoms with E-state index in [1.54, 1.807) is 11.0 Å². The van der Waals surface area contributed by atoms with E-state index in [4.69, 9.17) is 14.7 Å². The first kappa shape index (κ1) is 30.4. The third kappa shape index (κ3) is 7.28. The maximum atomic E-state index is 12.5. The average Bonchev–Trinajstić information content (AvgIpc) is 3.42. The SMILES string of the molecule is C=CC(=O)N1CCN(c2nc(OC[C@H]3CCCN3C)nc3c2CCN(\C2=C/C(O)=C\C(C)=C\C=C/CC2)C3)C[C@@H]1CC#N. The van der Waals surface area contributed by atoms with Crippen molar-refractivity contribution in [1.29, 1.82) is 5.26 Å². The van der Waals surface area contributed by atoms with Crippen LogP contribution in [0, 0.1) is 11.3 Å². The van der Waals surface area contributed by atoms with Crippen molar-refractivity contribution in [3.63, 3.8) is 0 Å². The van der Waals surface area contributed by atoms with Gasteiger partial charge in [0.2, 0.25) is 5.91 Å². The molecule has 0 radical (unpaired) electrons. The van der Waals surface area contributed by atoms with E-state index in [0.717, 1.165) is 73.5 Å². The summed E-state index contributed by atoms with van der Waals surface area (Å²) in [7, 11) is 2.13. The normalized spacial score (nSPS) is 27.5. The molecule has 43 heavy (non-hydrogen) atoms. The predicted octanol–water partition coefficient (Wildman–Crippen LogP) is 4.05. The number of nitrogens with zero attached hydrogens (tertiary/aromatic N) is 7. The number of likely N-dealkylation sites (N-methyl/N-ethyl adjacent to an activating group) is 1. The van der Waals surface area contributed by atoms with Crippen LogP contribution < -0.4 is 9.64 Å². The molecule has 228 valence electrons. The average molecular weight is 586 g/mol. The molecule has 4 heterocycles. The number of carbonyl (C=O) groups is 1. The van der Waals surface area contributed by atoms with Crippen LogP contribution in [-0.4, -0.2) is 94.1 Å². The summed E-state index contributed by atoms with van der Waals surface area (Å²) in [6.07, 6.45) is 16.1. The molecule has 0 bridgehead atoms. The topological polar surface area (TPSA) is 109 Å². The Kier molecular flexibility index (Phi) is 9.82. The van der Waals surface area contributed by atoms with E-state index in [1.165, 1.54) is 6.08 Å². The number of aliphatic hydroxyl groups excluding tert-OH is 1. The van der Waals surface area contributed by atoms with E-state index in [-0.39, 0.29) is 24.1 Å². The molecular formula is C33H43N7O3. The summed E-state index contributed by atoms with van der Waals surface area (Å²) in [6, 6.07) is 2.70. The van der Waals surface area contributed by atoms with Crippen LogP contribution in [-0.2, 0) is 17.8 Å². The smallest absolute Gasteiger partial charge is 0.318 e. The number of rotatable bonds is 7. The number of aromatic nitrogens is 2. The minimum Gasteiger partial charge on any atom is -0.508 e. The maximum absolute atomic E-state index is 12.5. The number of ether oxygens (including phenoxy) is 1. The first-order chi connectivity index (χ1) is 20.9. The first-order valence-electron chi connectivity index (χ1n) is 15.3. The van der Waals surface area contributed by atoms with Gasteiger partial charge in [0.15, 0.2) is 0 Å². The van der Waals surface area contributed by atoms with Crippen molar-refractivity contribution in [2.45, 2.75) is 64.1 Å². The Labute approximate surface area is 254 Å². The summed E-state index contributed by atoms with van der Waals surface area (Å²) in [5.74, 6) is 0.926. The maximum Gasteiger partial charge on any atom is 0.318 e. The zero-order chi connectivity index (χ0) is 30.3. The van der Waals surface area contributed by atoms with Gasteiger partial charge in [0.25, 0.3) is 0 Å². The fraction of sp³-hybridized carbons (Fsp3) is 0.515. The Morgan fingerprint density at radius 1 is 1.19 bits per heavy atom. The summed E-state index contributed by atoms with van der Waals surface area (Å²) >= 11 is 0. The predicted molar refractivity (Wildman–Crippen MR) is 166 cm³/mol. The monoisotopic (exact) mass is 585 g/mol. The number of likely N-dealkylation sites (tertiary alicyclic amines) is 1. The third-order valence-electron chi connectivity index (χ3n) is 8.82. The lowest BCUT2D eigenvalue weighted by molar-refractivity contribution is -0.128. The van der Waals surface area contributed by atoms with Gasteiger partial charge < -0.3 is 29.4 Å². The highest BCUT2D eigenvalue weighted by atomic mass is 16.5. The van der Waals surface area contributed by atoms with Gasteiger partial charge in [-0.1, -0.05) is 24.8 Å². The Morgan fingerprint density at radius 3 is 2.81 bits per heavy atom. The highest BCUT2D eigenvalue weighted by Crippen LogP contribution is 2.33. The molecule has 0 spiro atoms. The second-order valence-corrected chi connectivity index (χ2v) is 11.8. The van der Waals surface area contributed by atoms with Gasteiger partial charge in [-0.3, -0.25) is 4.79 Å². The fourth-order valence-corrected chi connectivity index (χ4v) is 6.42. The molecular weight excluding hydrogens is 542 g/mol. The third-order valence-corrected chi connectivity index (χ3v) is 8.82. The van der Waals surface area contributed by atoms with Crippen molar-refractivity contribution in [2.24, 2.45) is 0 Å². The molecule has 2 saturated heterocycles. The molecule has 3 aliphatic heterocycles. The van der Waals surface area contributed by atoms with E-state index >= 15 is 0 Å². The molecule has 0 unspecified atom stereocenters. The van der Waals surface area contributed by atoms with Crippen LogP contribution in [0.5, 0.6) is 6.01 Å². The van der Waals surface area contributed by atoms with Crippen molar-refractivity contribution < 1.29 is 14.6 Å². The lowest BCUT2D eigenvalue weighted by Gasteiger charge is -2.42. The second-order valence-electron chi connectivity index (χ2n) is 11.8. The van der Waals surface area contributed by atoms with E-state index in [1.807, 2.05) is 25.2 Å². The van der Waals surface area contributed by atoms with Crippen LogP contribution in [0.1, 0.15) is 50.3 Å². The highest BCUT2D eigenvalue weighted by Gasteiger charge is 2.33. The first-order valence-corrected chi connectivity index (χ1v) is 15.3. The molecule has 1 aliphatic carbocycles. The van der Waals surface area contributed by atoms with E-state index < -0.39 is 0 Å². The van der Waals surface area contributed by atoms with Crippen molar-refractivity contribution >= 4 is 11.7 Å². The number of fused-ring (bicyclic) bond motifs is 1. The summed E-state index contributed by atoms with van der Waals surface area (Å²) < 4.78 is 6.27. The molecule has 1 amide bonds. The summed E-state index contributed by atoms with van der Waals surface area (Å²) in [4.78, 5) is 31.0. The van der Waals surface area contributed by atoms with Gasteiger partial charge in [-0.25, -0.2) is 0 Å². The summed E-state index contributed by atoms with van der Waals surface area (Å²) in [6.45, 7) is 10.2. The number of nitriles is 1. The molecule has 2 fully saturated rings. The van der Waals surface area contributed by atoms with Gasteiger partial charge in [-0.05, 0) is 76.4 Å². The van der Waals surface area contributed by atoms with Crippen molar-refractivity contribution in [3.8, 4) is 12.1 Å². The van der Waals surface area contributed by atoms with Crippen LogP contribution >= 0.6 is 0 Å². The number of aliphatic hydroxyl groups is 1. The number of anilines is 1. The molecule has 10 heteroatoms. The van der Waals surface area contributed by atoms with Gasteiger partial charge in [0, 0.05) is 43.5 Å². The van der Waals surface area contributed by atoms with E-state index in [9.17, 15) is 15.2 Å². The molecule has 5 rings (SSSR count). The molecule has 0 saturated carbocycles. The van der Waals surface area contributed by atoms with Crippen molar-refractivity contribution in [1.82, 2.24) is 24.7 Å². The molecule has 1 aromatic heterocycles. The van der Waals surface area contributed by atoms with Crippen LogP contribution in [0.2, 0.25) is 0 Å². The largest absolute Gasteiger partial charge is 0.508 e. The van der Waals surface area contributed by atoms with Crippen molar-refractivity contribution in [3.05, 3.63) is 71.3 Å². The van der Waals surface area contributed by atoms with Crippen LogP contribution in [0.4, 0.5) is 5.82 Å². The number of hydrogen-bond donors (Lipinski definition) is 1. The van der Waals surface area contributed by atoms with Gasteiger partial charge in [0.05, 0.1) is 30.8 Å². The van der Waals surface area contributed by atoms with Crippen molar-refractivity contribution in [2.75, 3.05) is 51.3 Å². The molecule has 1 aromatic rings. The van der Waals surface area contributed by atoms with Gasteiger partial charge in [-0.2, -0.15) is 15.2 Å². The zero-order valence-corrected chi connectivity index (χ0v) is 25.4. The molecule has 4 aliphatic rings. The molecule has 0 aromatic carbocycles. The number of piperazine rings is 1. The van der Waals surface area contributed by atoms with Crippen LogP contribution in [0.25, 0.3) is 0 Å². The van der Waals surface area contributed by atoms with E-state index in [0.29, 0.717) is 44.8 Å². The van der Waals surface area contributed by atoms with Crippen LogP contribution in [0.3, 0.4) is 0 Å². The Balaban J connectivity index is 1.45. The Bertz CT molecular complexity index is 1370. The molecule has 1 N–H and O–H groups in total. The summed E-state index contributed by atoms with van der Waals surface area (Å²) in [5.41, 5.74) is 4.06. The van der Waals surface area contributed by atoms with Crippen LogP contribution in [0.15, 0.2) is 60.1 Å². The minimum atomic E-state index is -0.250. The lowest BCUT2D eigenvalue weighted by Crippen LogP contribution is -2.55. The van der Waals surface area contributed by atoms with Gasteiger partial charge in [0.1, 0.15) is 18.2 Å². The van der Waals surface area contributed by atoms with Gasteiger partial charge >= 0.3 is 6.01 Å². The number of carbonyl (C=O) groups excluding carboxylic acids is 1. The zero-order valence-electron chi connectivity index (χ0n) is 25.4. The number of allylic oxidation sites excluding steroid dienone is 7. The fourth-order valence-electron chi connectivity index (χ4n) is 6.42. The van der Waals surface area contributed by atoms with Gasteiger partial charge in [-0.15, -0.1) is 0 Å². The molecule has 2 atom stereocenters. The highest BCUT2D eigenvalue weighted by molar-refractivity contribution is 5.87. The lowest BCUT2D eigenvalue weighted by atomic mass is 10.0. The Hall–Kier alpha value is -4.10. The quantitative estimate of drug-likeness (QED) is 0.474. The Morgan fingerprint density at radius 2 is 2.05 bits per heavy atom. The summed E-state index contributed by atoms with van der Waals surface area (Å²) in [5, 5.41) is 20.2. The minimum absolute atomic E-state index is 0.151. The number of amides is 1. The standard InChI is InChI=1S/C33H43N7O3/c1-4-31(42)40-18-17-39(21-26(40)12-14-34)32-29-13-16-38(25-10-7-5-6-9-24(2)19-28(41)20-25)22-30(29)35-33(36-32)43-23-27-11-8-15-37(27)3/h4-6,9,19-20,26-27,41H,1,7-8,10-13,15-18,21-23H2,2-3H3/b6-5-,24-9+,25-20-,28-19+/t26-,27+/m0/s1. The van der Waals surface area contributed by atoms with E-state index in [2.05, 4.69) is 40.5 Å². The second kappa shape index (κ2) is 13.9.